The van der Waals surface area contributed by atoms with Gasteiger partial charge in [0.25, 0.3) is 0 Å². The van der Waals surface area contributed by atoms with Crippen molar-refractivity contribution < 1.29 is 4.79 Å². The third-order valence-corrected chi connectivity index (χ3v) is 4.99. The van der Waals surface area contributed by atoms with Crippen molar-refractivity contribution in [1.82, 2.24) is 0 Å². The highest BCUT2D eigenvalue weighted by Gasteiger charge is 2.13. The fraction of sp³-hybridized carbons (Fsp3) is 0.0714. The summed E-state index contributed by atoms with van der Waals surface area (Å²) >= 11 is 3.21. The van der Waals surface area contributed by atoms with Crippen LogP contribution in [0.3, 0.4) is 0 Å². The second kappa shape index (κ2) is 4.23. The van der Waals surface area contributed by atoms with E-state index in [-0.39, 0.29) is 5.78 Å². The Morgan fingerprint density at radius 3 is 2.72 bits per heavy atom. The van der Waals surface area contributed by atoms with Crippen molar-refractivity contribution in [2.45, 2.75) is 6.92 Å². The Hall–Kier alpha value is -1.65. The molecule has 90 valence electrons. The molecule has 0 fully saturated rings. The second-order valence-corrected chi connectivity index (χ2v) is 6.19. The van der Waals surface area contributed by atoms with Gasteiger partial charge in [0.2, 0.25) is 5.78 Å². The number of ketones is 1. The molecule has 3 rings (SSSR count). The van der Waals surface area contributed by atoms with Gasteiger partial charge in [-0.15, -0.1) is 22.7 Å². The van der Waals surface area contributed by atoms with Crippen molar-refractivity contribution in [1.29, 1.82) is 0 Å². The predicted octanol–water partition coefficient (Wildman–Crippen LogP) is 4.08. The van der Waals surface area contributed by atoms with Crippen molar-refractivity contribution in [2.75, 3.05) is 5.73 Å². The first-order chi connectivity index (χ1) is 8.65. The number of hydrogen-bond donors (Lipinski definition) is 1. The molecule has 0 radical (unpaired) electrons. The number of nitrogens with two attached hydrogens (primary N) is 1. The lowest BCUT2D eigenvalue weighted by Gasteiger charge is -2.02. The van der Waals surface area contributed by atoms with Gasteiger partial charge in [-0.05, 0) is 48.2 Å². The van der Waals surface area contributed by atoms with Gasteiger partial charge in [0.05, 0.1) is 4.88 Å². The summed E-state index contributed by atoms with van der Waals surface area (Å²) < 4.78 is 2.35. The van der Waals surface area contributed by atoms with E-state index in [0.717, 1.165) is 16.1 Å². The predicted molar refractivity (Wildman–Crippen MR) is 78.7 cm³/mol. The normalized spacial score (nSPS) is 10.9. The summed E-state index contributed by atoms with van der Waals surface area (Å²) in [4.78, 5) is 13.1. The fourth-order valence-corrected chi connectivity index (χ4v) is 3.91. The van der Waals surface area contributed by atoms with Crippen LogP contribution < -0.4 is 5.73 Å². The number of rotatable bonds is 2. The number of carbonyl (C=O) groups is 1. The lowest BCUT2D eigenvalue weighted by Crippen LogP contribution is -2.00. The molecular weight excluding hydrogens is 262 g/mol. The third-order valence-electron chi connectivity index (χ3n) is 2.90. The largest absolute Gasteiger partial charge is 0.399 e. The summed E-state index contributed by atoms with van der Waals surface area (Å²) in [5, 5.41) is 2.04. The molecule has 1 aromatic carbocycles. The van der Waals surface area contributed by atoms with Crippen molar-refractivity contribution in [2.24, 2.45) is 0 Å². The van der Waals surface area contributed by atoms with Crippen LogP contribution in [0.15, 0.2) is 35.7 Å². The molecule has 4 heteroatoms. The first kappa shape index (κ1) is 11.4. The molecule has 0 aliphatic carbocycles. The zero-order valence-electron chi connectivity index (χ0n) is 9.77. The molecule has 0 aliphatic rings. The molecule has 0 unspecified atom stereocenters. The highest BCUT2D eigenvalue weighted by molar-refractivity contribution is 7.28. The zero-order valence-corrected chi connectivity index (χ0v) is 11.4. The Balaban J connectivity index is 2.03. The minimum absolute atomic E-state index is 0.0755. The van der Waals surface area contributed by atoms with Crippen LogP contribution in [-0.2, 0) is 0 Å². The Labute approximate surface area is 113 Å². The standard InChI is InChI=1S/C14H11NOS2/c1-8-6-9(2-3-10(8)15)14(16)13-7-12-11(18-13)4-5-17-12/h2-7H,15H2,1H3. The molecule has 0 atom stereocenters. The highest BCUT2D eigenvalue weighted by Crippen LogP contribution is 2.31. The van der Waals surface area contributed by atoms with Gasteiger partial charge in [-0.1, -0.05) is 0 Å². The average molecular weight is 273 g/mol. The summed E-state index contributed by atoms with van der Waals surface area (Å²) in [5.74, 6) is 0.0755. The molecule has 0 aliphatic heterocycles. The zero-order chi connectivity index (χ0) is 12.7. The number of benzene rings is 1. The van der Waals surface area contributed by atoms with Crippen molar-refractivity contribution in [3.63, 3.8) is 0 Å². The molecule has 18 heavy (non-hydrogen) atoms. The van der Waals surface area contributed by atoms with Gasteiger partial charge < -0.3 is 5.73 Å². The van der Waals surface area contributed by atoms with Gasteiger partial charge in [-0.2, -0.15) is 0 Å². The van der Waals surface area contributed by atoms with E-state index in [0.29, 0.717) is 5.56 Å². The number of hydrogen-bond acceptors (Lipinski definition) is 4. The van der Waals surface area contributed by atoms with E-state index in [2.05, 4.69) is 6.07 Å². The Kier molecular flexibility index (Phi) is 2.69. The van der Waals surface area contributed by atoms with Crippen LogP contribution in [-0.4, -0.2) is 5.78 Å². The van der Waals surface area contributed by atoms with Gasteiger partial charge in [-0.3, -0.25) is 4.79 Å². The number of thiophene rings is 2. The molecule has 2 aromatic heterocycles. The molecule has 0 saturated carbocycles. The van der Waals surface area contributed by atoms with E-state index in [1.54, 1.807) is 34.8 Å². The maximum Gasteiger partial charge on any atom is 0.203 e. The molecule has 2 heterocycles. The monoisotopic (exact) mass is 273 g/mol. The Morgan fingerprint density at radius 2 is 2.00 bits per heavy atom. The topological polar surface area (TPSA) is 43.1 Å². The van der Waals surface area contributed by atoms with Gasteiger partial charge in [0, 0.05) is 20.7 Å². The molecule has 0 bridgehead atoms. The second-order valence-electron chi connectivity index (χ2n) is 4.16. The molecule has 0 amide bonds. The van der Waals surface area contributed by atoms with Crippen molar-refractivity contribution in [3.8, 4) is 0 Å². The van der Waals surface area contributed by atoms with Crippen LogP contribution in [0.1, 0.15) is 20.8 Å². The first-order valence-electron chi connectivity index (χ1n) is 5.53. The van der Waals surface area contributed by atoms with Gasteiger partial charge in [-0.25, -0.2) is 0 Å². The van der Waals surface area contributed by atoms with Crippen LogP contribution >= 0.6 is 22.7 Å². The maximum atomic E-state index is 12.4. The highest BCUT2D eigenvalue weighted by atomic mass is 32.1. The van der Waals surface area contributed by atoms with Gasteiger partial charge in [0.1, 0.15) is 0 Å². The Morgan fingerprint density at radius 1 is 1.17 bits per heavy atom. The summed E-state index contributed by atoms with van der Waals surface area (Å²) in [6, 6.07) is 9.46. The van der Waals surface area contributed by atoms with E-state index >= 15 is 0 Å². The number of carbonyl (C=O) groups excluding carboxylic acids is 1. The quantitative estimate of drug-likeness (QED) is 0.564. The maximum absolute atomic E-state index is 12.4. The van der Waals surface area contributed by atoms with Crippen LogP contribution in [0.5, 0.6) is 0 Å². The van der Waals surface area contributed by atoms with Gasteiger partial charge in [0.15, 0.2) is 0 Å². The van der Waals surface area contributed by atoms with Crippen molar-refractivity contribution in [3.05, 3.63) is 51.7 Å². The molecule has 2 N–H and O–H groups in total. The van der Waals surface area contributed by atoms with E-state index in [1.807, 2.05) is 24.4 Å². The van der Waals surface area contributed by atoms with E-state index in [4.69, 9.17) is 5.73 Å². The average Bonchev–Trinajstić information content (AvgIpc) is 2.92. The SMILES string of the molecule is Cc1cc(C(=O)c2cc3sccc3s2)ccc1N. The van der Waals surface area contributed by atoms with E-state index < -0.39 is 0 Å². The molecular formula is C14H11NOS2. The fourth-order valence-electron chi connectivity index (χ4n) is 1.84. The van der Waals surface area contributed by atoms with Crippen molar-refractivity contribution >= 4 is 43.5 Å². The minimum Gasteiger partial charge on any atom is -0.399 e. The lowest BCUT2D eigenvalue weighted by atomic mass is 10.1. The third kappa shape index (κ3) is 1.83. The molecule has 0 spiro atoms. The molecule has 0 saturated heterocycles. The number of anilines is 1. The molecule has 2 nitrogen and oxygen atoms in total. The summed E-state index contributed by atoms with van der Waals surface area (Å²) in [7, 11) is 0. The summed E-state index contributed by atoms with van der Waals surface area (Å²) in [6.07, 6.45) is 0. The molecule has 3 aromatic rings. The van der Waals surface area contributed by atoms with E-state index in [1.165, 1.54) is 9.40 Å². The van der Waals surface area contributed by atoms with E-state index in [9.17, 15) is 4.79 Å². The van der Waals surface area contributed by atoms with Crippen LogP contribution in [0.2, 0.25) is 0 Å². The first-order valence-corrected chi connectivity index (χ1v) is 7.22. The van der Waals surface area contributed by atoms with Crippen LogP contribution in [0, 0.1) is 6.92 Å². The van der Waals surface area contributed by atoms with Crippen LogP contribution in [0.4, 0.5) is 5.69 Å². The summed E-state index contributed by atoms with van der Waals surface area (Å²) in [5.41, 5.74) is 8.13. The minimum atomic E-state index is 0.0755. The van der Waals surface area contributed by atoms with Crippen LogP contribution in [0.25, 0.3) is 9.40 Å². The smallest absolute Gasteiger partial charge is 0.203 e. The lowest BCUT2D eigenvalue weighted by molar-refractivity contribution is 0.104. The number of aryl methyl sites for hydroxylation is 1. The Bertz CT molecular complexity index is 711. The van der Waals surface area contributed by atoms with Gasteiger partial charge >= 0.3 is 0 Å². The number of fused-ring (bicyclic) bond motifs is 1. The summed E-state index contributed by atoms with van der Waals surface area (Å²) in [6.45, 7) is 1.92. The number of nitrogen functional groups attached to an aromatic ring is 1.